The molecule has 0 amide bonds. The Bertz CT molecular complexity index is 422. The molecule has 1 rings (SSSR count). The largest absolute Gasteiger partial charge is 0.276 e. The van der Waals surface area contributed by atoms with Gasteiger partial charge in [0.25, 0.3) is 10.9 Å². The lowest BCUT2D eigenvalue weighted by Gasteiger charge is -2.01. The quantitative estimate of drug-likeness (QED) is 0.358. The summed E-state index contributed by atoms with van der Waals surface area (Å²) in [5.74, 6) is 0. The molecule has 0 N–H and O–H groups in total. The predicted octanol–water partition coefficient (Wildman–Crippen LogP) is 3.23. The van der Waals surface area contributed by atoms with Crippen molar-refractivity contribution in [2.45, 2.75) is 0 Å². The molecule has 14 heavy (non-hydrogen) atoms. The first kappa shape index (κ1) is 11.7. The molecule has 0 bridgehead atoms. The molecule has 0 atom stereocenters. The molecule has 0 unspecified atom stereocenters. The van der Waals surface area contributed by atoms with Crippen LogP contribution in [0.5, 0.6) is 0 Å². The summed E-state index contributed by atoms with van der Waals surface area (Å²) < 4.78 is 0.412. The molecule has 0 saturated carbocycles. The standard InChI is InChI=1S/C7H2Cl2INO3/c8-5-2-3(11(13)14)1-4(6(5)10)7(9)12/h1-2H. The zero-order valence-electron chi connectivity index (χ0n) is 6.46. The fraction of sp³-hybridized carbons (Fsp3) is 0. The van der Waals surface area contributed by atoms with Gasteiger partial charge in [0.1, 0.15) is 0 Å². The molecule has 0 aliphatic carbocycles. The first-order chi connectivity index (χ1) is 6.43. The lowest BCUT2D eigenvalue weighted by molar-refractivity contribution is -0.384. The molecule has 0 radical (unpaired) electrons. The fourth-order valence-corrected chi connectivity index (χ4v) is 1.90. The summed E-state index contributed by atoms with van der Waals surface area (Å²) >= 11 is 12.7. The van der Waals surface area contributed by atoms with Crippen molar-refractivity contribution in [2.75, 3.05) is 0 Å². The average Bonchev–Trinajstić information content (AvgIpc) is 2.08. The first-order valence-electron chi connectivity index (χ1n) is 3.26. The van der Waals surface area contributed by atoms with Crippen molar-refractivity contribution in [1.82, 2.24) is 0 Å². The third-order valence-corrected chi connectivity index (χ3v) is 3.42. The minimum Gasteiger partial charge on any atom is -0.276 e. The maximum absolute atomic E-state index is 10.9. The molecule has 0 aliphatic rings. The Morgan fingerprint density at radius 3 is 2.50 bits per heavy atom. The Labute approximate surface area is 102 Å². The molecular weight excluding hydrogens is 344 g/mol. The highest BCUT2D eigenvalue weighted by molar-refractivity contribution is 14.1. The van der Waals surface area contributed by atoms with E-state index >= 15 is 0 Å². The summed E-state index contributed by atoms with van der Waals surface area (Å²) in [6.07, 6.45) is 0. The molecule has 0 aliphatic heterocycles. The minimum absolute atomic E-state index is 0.0477. The van der Waals surface area contributed by atoms with Crippen LogP contribution in [0, 0.1) is 13.7 Å². The third kappa shape index (κ3) is 2.34. The van der Waals surface area contributed by atoms with Crippen LogP contribution in [-0.4, -0.2) is 10.2 Å². The van der Waals surface area contributed by atoms with Crippen molar-refractivity contribution in [3.8, 4) is 0 Å². The maximum atomic E-state index is 10.9. The van der Waals surface area contributed by atoms with E-state index in [9.17, 15) is 14.9 Å². The summed E-state index contributed by atoms with van der Waals surface area (Å²) in [6.45, 7) is 0. The Morgan fingerprint density at radius 1 is 1.50 bits per heavy atom. The van der Waals surface area contributed by atoms with Gasteiger partial charge in [0.15, 0.2) is 0 Å². The predicted molar refractivity (Wildman–Crippen MR) is 61.0 cm³/mol. The number of rotatable bonds is 2. The normalized spacial score (nSPS) is 9.93. The van der Waals surface area contributed by atoms with Crippen LogP contribution in [0.25, 0.3) is 0 Å². The van der Waals surface area contributed by atoms with Crippen LogP contribution >= 0.6 is 45.8 Å². The smallest absolute Gasteiger partial charge is 0.271 e. The number of hydrogen-bond acceptors (Lipinski definition) is 3. The highest BCUT2D eigenvalue weighted by Crippen LogP contribution is 2.28. The summed E-state index contributed by atoms with van der Waals surface area (Å²) in [7, 11) is 0. The van der Waals surface area contributed by atoms with Gasteiger partial charge in [-0.3, -0.25) is 14.9 Å². The molecule has 0 fully saturated rings. The molecule has 1 aromatic rings. The van der Waals surface area contributed by atoms with E-state index in [2.05, 4.69) is 0 Å². The van der Waals surface area contributed by atoms with E-state index in [0.717, 1.165) is 6.07 Å². The highest BCUT2D eigenvalue weighted by atomic mass is 127. The number of nitrogens with zero attached hydrogens (tertiary/aromatic N) is 1. The fourth-order valence-electron chi connectivity index (χ4n) is 0.823. The van der Waals surface area contributed by atoms with Crippen molar-refractivity contribution in [3.05, 3.63) is 36.4 Å². The molecule has 74 valence electrons. The van der Waals surface area contributed by atoms with E-state index in [4.69, 9.17) is 23.2 Å². The third-order valence-electron chi connectivity index (χ3n) is 1.44. The molecule has 1 aromatic carbocycles. The average molecular weight is 346 g/mol. The van der Waals surface area contributed by atoms with Crippen LogP contribution < -0.4 is 0 Å². The Balaban J connectivity index is 3.43. The van der Waals surface area contributed by atoms with Gasteiger partial charge in [-0.25, -0.2) is 0 Å². The van der Waals surface area contributed by atoms with Crippen LogP contribution in [0.2, 0.25) is 5.02 Å². The number of carbonyl (C=O) groups is 1. The van der Waals surface area contributed by atoms with Gasteiger partial charge in [0.05, 0.1) is 15.5 Å². The van der Waals surface area contributed by atoms with Gasteiger partial charge in [-0.05, 0) is 34.2 Å². The monoisotopic (exact) mass is 345 g/mol. The summed E-state index contributed by atoms with van der Waals surface area (Å²) in [5, 5.41) is 9.81. The van der Waals surface area contributed by atoms with Gasteiger partial charge in [-0.2, -0.15) is 0 Å². The van der Waals surface area contributed by atoms with E-state index in [-0.39, 0.29) is 16.3 Å². The lowest BCUT2D eigenvalue weighted by Crippen LogP contribution is -1.97. The van der Waals surface area contributed by atoms with E-state index in [1.165, 1.54) is 6.07 Å². The summed E-state index contributed by atoms with van der Waals surface area (Å²) in [6, 6.07) is 2.27. The SMILES string of the molecule is O=C(Cl)c1cc([N+](=O)[O-])cc(Cl)c1I. The second-order valence-electron chi connectivity index (χ2n) is 2.32. The van der Waals surface area contributed by atoms with E-state index in [0.29, 0.717) is 3.57 Å². The van der Waals surface area contributed by atoms with Gasteiger partial charge in [0, 0.05) is 15.7 Å². The zero-order valence-corrected chi connectivity index (χ0v) is 10.1. The molecule has 0 spiro atoms. The van der Waals surface area contributed by atoms with Crippen molar-refractivity contribution < 1.29 is 9.72 Å². The Morgan fingerprint density at radius 2 is 2.07 bits per heavy atom. The van der Waals surface area contributed by atoms with Crippen LogP contribution in [0.1, 0.15) is 10.4 Å². The number of nitro groups is 1. The Kier molecular flexibility index (Phi) is 3.68. The number of halogens is 3. The number of benzene rings is 1. The van der Waals surface area contributed by atoms with Crippen LogP contribution in [0.3, 0.4) is 0 Å². The van der Waals surface area contributed by atoms with E-state index < -0.39 is 10.2 Å². The minimum atomic E-state index is -0.764. The van der Waals surface area contributed by atoms with Gasteiger partial charge in [0.2, 0.25) is 0 Å². The van der Waals surface area contributed by atoms with Crippen molar-refractivity contribution >= 4 is 56.7 Å². The van der Waals surface area contributed by atoms with Crippen LogP contribution in [-0.2, 0) is 0 Å². The topological polar surface area (TPSA) is 60.2 Å². The van der Waals surface area contributed by atoms with Gasteiger partial charge in [-0.1, -0.05) is 11.6 Å². The van der Waals surface area contributed by atoms with Crippen LogP contribution in [0.4, 0.5) is 5.69 Å². The molecular formula is C7H2Cl2INO3. The highest BCUT2D eigenvalue weighted by Gasteiger charge is 2.17. The summed E-state index contributed by atoms with van der Waals surface area (Å²) in [4.78, 5) is 20.7. The molecule has 4 nitrogen and oxygen atoms in total. The van der Waals surface area contributed by atoms with E-state index in [1.807, 2.05) is 0 Å². The molecule has 0 aromatic heterocycles. The summed E-state index contributed by atoms with van der Waals surface area (Å²) in [5.41, 5.74) is -0.203. The van der Waals surface area contributed by atoms with Gasteiger partial charge in [-0.15, -0.1) is 0 Å². The number of hydrogen-bond donors (Lipinski definition) is 0. The Hall–Kier alpha value is -0.400. The molecule has 0 heterocycles. The van der Waals surface area contributed by atoms with Crippen molar-refractivity contribution in [1.29, 1.82) is 0 Å². The molecule has 0 saturated heterocycles. The maximum Gasteiger partial charge on any atom is 0.271 e. The first-order valence-corrected chi connectivity index (χ1v) is 5.10. The number of non-ortho nitro benzene ring substituents is 1. The lowest BCUT2D eigenvalue weighted by atomic mass is 10.2. The van der Waals surface area contributed by atoms with Crippen molar-refractivity contribution in [3.63, 3.8) is 0 Å². The second kappa shape index (κ2) is 4.41. The number of nitro benzene ring substituents is 1. The number of carbonyl (C=O) groups excluding carboxylic acids is 1. The van der Waals surface area contributed by atoms with E-state index in [1.54, 1.807) is 22.6 Å². The van der Waals surface area contributed by atoms with Crippen molar-refractivity contribution in [2.24, 2.45) is 0 Å². The van der Waals surface area contributed by atoms with Gasteiger partial charge < -0.3 is 0 Å². The zero-order chi connectivity index (χ0) is 10.9. The van der Waals surface area contributed by atoms with Gasteiger partial charge >= 0.3 is 0 Å². The van der Waals surface area contributed by atoms with Crippen LogP contribution in [0.15, 0.2) is 12.1 Å². The molecule has 7 heteroatoms. The second-order valence-corrected chi connectivity index (χ2v) is 4.15.